The van der Waals surface area contributed by atoms with Crippen LogP contribution >= 0.6 is 11.3 Å². The van der Waals surface area contributed by atoms with E-state index in [2.05, 4.69) is 10.3 Å². The van der Waals surface area contributed by atoms with E-state index in [1.54, 1.807) is 6.92 Å². The Bertz CT molecular complexity index is 456. The fraction of sp³-hybridized carbons (Fsp3) is 0.583. The summed E-state index contributed by atoms with van der Waals surface area (Å²) in [5, 5.41) is 12.4. The van der Waals surface area contributed by atoms with Gasteiger partial charge in [-0.2, -0.15) is 0 Å². The average Bonchev–Trinajstić information content (AvgIpc) is 2.70. The van der Waals surface area contributed by atoms with Crippen LogP contribution in [0.4, 0.5) is 0 Å². The summed E-state index contributed by atoms with van der Waals surface area (Å²) in [5.41, 5.74) is 0.493. The van der Waals surface area contributed by atoms with Crippen molar-refractivity contribution < 1.29 is 14.7 Å². The Labute approximate surface area is 110 Å². The molecule has 0 bridgehead atoms. The first-order valence-electron chi connectivity index (χ1n) is 5.87. The number of hydrogen-bond donors (Lipinski definition) is 2. The quantitative estimate of drug-likeness (QED) is 0.861. The molecule has 0 saturated heterocycles. The standard InChI is InChI=1S/C12H18N2O3S/c1-5-6(2)10(15)13-8(4)11-14-7(3)9(18-11)12(16)17/h6,8H,5H2,1-4H3,(H,13,15)(H,16,17)/t6-,8+/m1/s1. The van der Waals surface area contributed by atoms with E-state index in [1.807, 2.05) is 20.8 Å². The number of aromatic carboxylic acids is 1. The monoisotopic (exact) mass is 270 g/mol. The lowest BCUT2D eigenvalue weighted by Crippen LogP contribution is -2.31. The van der Waals surface area contributed by atoms with Gasteiger partial charge in [-0.15, -0.1) is 11.3 Å². The van der Waals surface area contributed by atoms with E-state index >= 15 is 0 Å². The lowest BCUT2D eigenvalue weighted by molar-refractivity contribution is -0.125. The molecular weight excluding hydrogens is 252 g/mol. The number of rotatable bonds is 5. The Balaban J connectivity index is 2.79. The molecule has 0 fully saturated rings. The Hall–Kier alpha value is -1.43. The van der Waals surface area contributed by atoms with Gasteiger partial charge in [-0.3, -0.25) is 4.79 Å². The van der Waals surface area contributed by atoms with Gasteiger partial charge in [0.05, 0.1) is 11.7 Å². The normalized spacial score (nSPS) is 14.0. The molecule has 1 aromatic rings. The molecule has 1 rings (SSSR count). The van der Waals surface area contributed by atoms with Crippen LogP contribution in [0.25, 0.3) is 0 Å². The largest absolute Gasteiger partial charge is 0.477 e. The molecule has 1 heterocycles. The summed E-state index contributed by atoms with van der Waals surface area (Å²) < 4.78 is 0. The number of hydrogen-bond acceptors (Lipinski definition) is 4. The van der Waals surface area contributed by atoms with E-state index in [4.69, 9.17) is 5.11 Å². The second-order valence-corrected chi connectivity index (χ2v) is 5.34. The Morgan fingerprint density at radius 2 is 2.06 bits per heavy atom. The van der Waals surface area contributed by atoms with Crippen molar-refractivity contribution in [2.24, 2.45) is 5.92 Å². The zero-order chi connectivity index (χ0) is 13.9. The number of nitrogens with zero attached hydrogens (tertiary/aromatic N) is 1. The molecule has 0 aliphatic rings. The number of carboxylic acid groups (broad SMARTS) is 1. The number of carboxylic acids is 1. The van der Waals surface area contributed by atoms with Gasteiger partial charge in [-0.1, -0.05) is 13.8 Å². The second-order valence-electron chi connectivity index (χ2n) is 4.31. The van der Waals surface area contributed by atoms with Gasteiger partial charge in [-0.25, -0.2) is 9.78 Å². The van der Waals surface area contributed by atoms with Crippen molar-refractivity contribution in [3.8, 4) is 0 Å². The van der Waals surface area contributed by atoms with Gasteiger partial charge in [0.1, 0.15) is 9.88 Å². The Morgan fingerprint density at radius 3 is 2.50 bits per heavy atom. The molecule has 1 aromatic heterocycles. The predicted octanol–water partition coefficient (Wildman–Crippen LogP) is 2.37. The van der Waals surface area contributed by atoms with Crippen LogP contribution in [0.15, 0.2) is 0 Å². The Morgan fingerprint density at radius 1 is 1.44 bits per heavy atom. The Kier molecular flexibility index (Phi) is 4.84. The molecular formula is C12H18N2O3S. The highest BCUT2D eigenvalue weighted by molar-refractivity contribution is 7.13. The number of aryl methyl sites for hydroxylation is 1. The summed E-state index contributed by atoms with van der Waals surface area (Å²) in [6.07, 6.45) is 0.774. The fourth-order valence-corrected chi connectivity index (χ4v) is 2.31. The van der Waals surface area contributed by atoms with E-state index < -0.39 is 5.97 Å². The number of carbonyl (C=O) groups is 2. The van der Waals surface area contributed by atoms with Crippen molar-refractivity contribution in [2.75, 3.05) is 0 Å². The van der Waals surface area contributed by atoms with Crippen LogP contribution < -0.4 is 5.32 Å². The SMILES string of the molecule is CC[C@@H](C)C(=O)N[C@@H](C)c1nc(C)c(C(=O)O)s1. The van der Waals surface area contributed by atoms with Gasteiger partial charge in [0.2, 0.25) is 5.91 Å². The highest BCUT2D eigenvalue weighted by Gasteiger charge is 2.20. The van der Waals surface area contributed by atoms with Crippen molar-refractivity contribution >= 4 is 23.2 Å². The molecule has 0 aliphatic carbocycles. The summed E-state index contributed by atoms with van der Waals surface area (Å²) in [4.78, 5) is 27.1. The second kappa shape index (κ2) is 5.95. The van der Waals surface area contributed by atoms with Crippen molar-refractivity contribution in [2.45, 2.75) is 40.2 Å². The summed E-state index contributed by atoms with van der Waals surface area (Å²) in [6.45, 7) is 7.28. The molecule has 0 unspecified atom stereocenters. The van der Waals surface area contributed by atoms with Crippen LogP contribution in [0.2, 0.25) is 0 Å². The first-order chi connectivity index (χ1) is 8.36. The van der Waals surface area contributed by atoms with E-state index in [9.17, 15) is 9.59 Å². The molecule has 6 heteroatoms. The summed E-state index contributed by atoms with van der Waals surface area (Å²) in [5.74, 6) is -1.06. The summed E-state index contributed by atoms with van der Waals surface area (Å²) >= 11 is 1.11. The minimum Gasteiger partial charge on any atom is -0.477 e. The van der Waals surface area contributed by atoms with Crippen LogP contribution in [0.3, 0.4) is 0 Å². The third-order valence-electron chi connectivity index (χ3n) is 2.80. The number of thiazole rings is 1. The van der Waals surface area contributed by atoms with E-state index in [-0.39, 0.29) is 22.7 Å². The molecule has 2 atom stereocenters. The smallest absolute Gasteiger partial charge is 0.347 e. The topological polar surface area (TPSA) is 79.3 Å². The van der Waals surface area contributed by atoms with Crippen LogP contribution in [0.5, 0.6) is 0 Å². The molecule has 0 radical (unpaired) electrons. The minimum absolute atomic E-state index is 0.0327. The zero-order valence-electron chi connectivity index (χ0n) is 11.0. The average molecular weight is 270 g/mol. The van der Waals surface area contributed by atoms with Gasteiger partial charge in [-0.05, 0) is 20.3 Å². The zero-order valence-corrected chi connectivity index (χ0v) is 11.8. The molecule has 0 aliphatic heterocycles. The number of nitrogens with one attached hydrogen (secondary N) is 1. The van der Waals surface area contributed by atoms with Crippen LogP contribution in [0, 0.1) is 12.8 Å². The maximum Gasteiger partial charge on any atom is 0.347 e. The maximum atomic E-state index is 11.7. The highest BCUT2D eigenvalue weighted by Crippen LogP contribution is 2.23. The number of amides is 1. The lowest BCUT2D eigenvalue weighted by Gasteiger charge is -2.14. The van der Waals surface area contributed by atoms with E-state index in [0.29, 0.717) is 10.7 Å². The third-order valence-corrected chi connectivity index (χ3v) is 4.12. The molecule has 0 aromatic carbocycles. The van der Waals surface area contributed by atoms with Crippen LogP contribution in [-0.2, 0) is 4.79 Å². The van der Waals surface area contributed by atoms with Gasteiger partial charge in [0, 0.05) is 5.92 Å². The van der Waals surface area contributed by atoms with Crippen molar-refractivity contribution in [1.82, 2.24) is 10.3 Å². The number of aromatic nitrogens is 1. The maximum absolute atomic E-state index is 11.7. The first-order valence-corrected chi connectivity index (χ1v) is 6.69. The van der Waals surface area contributed by atoms with Crippen molar-refractivity contribution in [3.05, 3.63) is 15.6 Å². The van der Waals surface area contributed by atoms with Crippen molar-refractivity contribution in [1.29, 1.82) is 0 Å². The molecule has 2 N–H and O–H groups in total. The third kappa shape index (κ3) is 3.29. The van der Waals surface area contributed by atoms with E-state index in [0.717, 1.165) is 17.8 Å². The van der Waals surface area contributed by atoms with E-state index in [1.165, 1.54) is 0 Å². The van der Waals surface area contributed by atoms with Crippen LogP contribution in [-0.4, -0.2) is 22.0 Å². The first kappa shape index (κ1) is 14.6. The predicted molar refractivity (Wildman–Crippen MR) is 69.8 cm³/mol. The molecule has 1 amide bonds. The summed E-state index contributed by atoms with van der Waals surface area (Å²) in [7, 11) is 0. The molecule has 0 saturated carbocycles. The van der Waals surface area contributed by atoms with Crippen molar-refractivity contribution in [3.63, 3.8) is 0 Å². The summed E-state index contributed by atoms with van der Waals surface area (Å²) in [6, 6.07) is -0.261. The van der Waals surface area contributed by atoms with Gasteiger partial charge >= 0.3 is 5.97 Å². The molecule has 18 heavy (non-hydrogen) atoms. The van der Waals surface area contributed by atoms with Crippen LogP contribution in [0.1, 0.15) is 53.6 Å². The lowest BCUT2D eigenvalue weighted by atomic mass is 10.1. The highest BCUT2D eigenvalue weighted by atomic mass is 32.1. The van der Waals surface area contributed by atoms with Gasteiger partial charge in [0.15, 0.2) is 0 Å². The van der Waals surface area contributed by atoms with Gasteiger partial charge in [0.25, 0.3) is 0 Å². The van der Waals surface area contributed by atoms with Gasteiger partial charge < -0.3 is 10.4 Å². The fourth-order valence-electron chi connectivity index (χ4n) is 1.40. The molecule has 100 valence electrons. The number of carbonyl (C=O) groups excluding carboxylic acids is 1. The minimum atomic E-state index is -0.975. The molecule has 0 spiro atoms. The molecule has 5 nitrogen and oxygen atoms in total.